The van der Waals surface area contributed by atoms with Crippen molar-refractivity contribution in [2.45, 2.75) is 51.4 Å². The van der Waals surface area contributed by atoms with Gasteiger partial charge in [-0.3, -0.25) is 4.79 Å². The first-order valence-electron chi connectivity index (χ1n) is 10.5. The van der Waals surface area contributed by atoms with E-state index in [0.717, 1.165) is 42.9 Å². The molecule has 2 aliphatic rings. The number of nitrogens with zero attached hydrogens (tertiary/aromatic N) is 2. The van der Waals surface area contributed by atoms with Crippen molar-refractivity contribution in [3.8, 4) is 11.3 Å². The van der Waals surface area contributed by atoms with Crippen LogP contribution in [0.3, 0.4) is 0 Å². The molecule has 0 amide bonds. The van der Waals surface area contributed by atoms with E-state index in [-0.39, 0.29) is 11.9 Å². The summed E-state index contributed by atoms with van der Waals surface area (Å²) in [5, 5.41) is 12.2. The second kappa shape index (κ2) is 8.72. The zero-order chi connectivity index (χ0) is 19.3. The van der Waals surface area contributed by atoms with Gasteiger partial charge in [0.2, 0.25) is 0 Å². The molecule has 1 heterocycles. The molecular formula is C23H29N3O2. The first-order valence-corrected chi connectivity index (χ1v) is 10.5. The fourth-order valence-corrected chi connectivity index (χ4v) is 4.62. The number of anilines is 1. The van der Waals surface area contributed by atoms with Gasteiger partial charge in [-0.05, 0) is 73.8 Å². The number of fused-ring (bicyclic) bond motifs is 1. The third-order valence-corrected chi connectivity index (χ3v) is 6.27. The van der Waals surface area contributed by atoms with Crippen molar-refractivity contribution >= 4 is 11.8 Å². The number of carbonyl (C=O) groups excluding carboxylic acids is 1. The van der Waals surface area contributed by atoms with Gasteiger partial charge in [-0.15, -0.1) is 10.2 Å². The van der Waals surface area contributed by atoms with Gasteiger partial charge in [-0.2, -0.15) is 0 Å². The summed E-state index contributed by atoms with van der Waals surface area (Å²) in [5.74, 6) is 0.966. The van der Waals surface area contributed by atoms with Crippen LogP contribution in [0.15, 0.2) is 30.3 Å². The molecule has 2 aromatic rings. The molecule has 1 aromatic heterocycles. The van der Waals surface area contributed by atoms with Gasteiger partial charge in [0.25, 0.3) is 0 Å². The number of methoxy groups -OCH3 is 1. The Balaban J connectivity index is 1.40. The van der Waals surface area contributed by atoms with Crippen LogP contribution in [0.5, 0.6) is 0 Å². The van der Waals surface area contributed by atoms with Crippen molar-refractivity contribution in [2.75, 3.05) is 19.0 Å². The van der Waals surface area contributed by atoms with Gasteiger partial charge < -0.3 is 10.1 Å². The van der Waals surface area contributed by atoms with Crippen LogP contribution in [-0.4, -0.2) is 29.8 Å². The average molecular weight is 380 g/mol. The fourth-order valence-electron chi connectivity index (χ4n) is 4.62. The Hall–Kier alpha value is -2.43. The number of ether oxygens (including phenoxy) is 1. The van der Waals surface area contributed by atoms with Gasteiger partial charge in [0, 0.05) is 12.1 Å². The largest absolute Gasteiger partial charge is 0.469 e. The van der Waals surface area contributed by atoms with E-state index in [2.05, 4.69) is 33.7 Å². The average Bonchev–Trinajstić information content (AvgIpc) is 2.77. The second-order valence-electron chi connectivity index (χ2n) is 8.05. The molecule has 0 bridgehead atoms. The summed E-state index contributed by atoms with van der Waals surface area (Å²) in [6.07, 6.45) is 9.17. The molecule has 1 saturated carbocycles. The van der Waals surface area contributed by atoms with Crippen LogP contribution in [0.2, 0.25) is 0 Å². The Morgan fingerprint density at radius 2 is 1.86 bits per heavy atom. The van der Waals surface area contributed by atoms with Crippen LogP contribution >= 0.6 is 0 Å². The monoisotopic (exact) mass is 379 g/mol. The van der Waals surface area contributed by atoms with Gasteiger partial charge in [-0.1, -0.05) is 25.0 Å². The smallest absolute Gasteiger partial charge is 0.309 e. The van der Waals surface area contributed by atoms with Crippen molar-refractivity contribution in [1.29, 1.82) is 0 Å². The molecule has 2 atom stereocenters. The highest BCUT2D eigenvalue weighted by Gasteiger charge is 2.31. The first-order chi connectivity index (χ1) is 13.7. The number of hydrogen-bond acceptors (Lipinski definition) is 5. The molecule has 148 valence electrons. The summed E-state index contributed by atoms with van der Waals surface area (Å²) in [4.78, 5) is 12.0. The number of nitrogens with one attached hydrogen (secondary N) is 1. The van der Waals surface area contributed by atoms with Crippen LogP contribution in [0.1, 0.15) is 49.7 Å². The minimum absolute atomic E-state index is 0.00558. The standard InChI is InChI=1S/C23H29N3O2/c1-28-23(27)20-9-5-4-8-19(20)15-24-22-13-12-21(25-26-22)18-11-10-16-6-2-3-7-17(16)14-18/h10-14,19-20H,2-9,15H2,1H3,(H,24,26). The van der Waals surface area contributed by atoms with E-state index in [0.29, 0.717) is 5.92 Å². The lowest BCUT2D eigenvalue weighted by Gasteiger charge is -2.29. The molecular weight excluding hydrogens is 350 g/mol. The molecule has 2 aliphatic carbocycles. The van der Waals surface area contributed by atoms with Crippen molar-refractivity contribution in [3.05, 3.63) is 41.5 Å². The summed E-state index contributed by atoms with van der Waals surface area (Å²) < 4.78 is 4.98. The van der Waals surface area contributed by atoms with E-state index in [4.69, 9.17) is 4.74 Å². The van der Waals surface area contributed by atoms with E-state index < -0.39 is 0 Å². The molecule has 5 nitrogen and oxygen atoms in total. The molecule has 0 aliphatic heterocycles. The predicted molar refractivity (Wildman–Crippen MR) is 110 cm³/mol. The molecule has 1 fully saturated rings. The lowest BCUT2D eigenvalue weighted by Crippen LogP contribution is -2.32. The number of carbonyl (C=O) groups is 1. The molecule has 0 spiro atoms. The van der Waals surface area contributed by atoms with Crippen molar-refractivity contribution < 1.29 is 9.53 Å². The van der Waals surface area contributed by atoms with Gasteiger partial charge in [0.15, 0.2) is 0 Å². The maximum Gasteiger partial charge on any atom is 0.309 e. The first kappa shape index (κ1) is 18.9. The maximum atomic E-state index is 12.0. The highest BCUT2D eigenvalue weighted by Crippen LogP contribution is 2.31. The molecule has 4 rings (SSSR count). The minimum Gasteiger partial charge on any atom is -0.469 e. The van der Waals surface area contributed by atoms with Crippen LogP contribution in [0.25, 0.3) is 11.3 Å². The zero-order valence-electron chi connectivity index (χ0n) is 16.6. The maximum absolute atomic E-state index is 12.0. The zero-order valence-corrected chi connectivity index (χ0v) is 16.6. The normalized spacial score (nSPS) is 21.6. The number of benzene rings is 1. The van der Waals surface area contributed by atoms with Gasteiger partial charge in [-0.25, -0.2) is 0 Å². The van der Waals surface area contributed by atoms with Gasteiger partial charge in [0.1, 0.15) is 5.82 Å². The van der Waals surface area contributed by atoms with Crippen molar-refractivity contribution in [3.63, 3.8) is 0 Å². The van der Waals surface area contributed by atoms with E-state index >= 15 is 0 Å². The van der Waals surface area contributed by atoms with Crippen LogP contribution in [0, 0.1) is 11.8 Å². The lowest BCUT2D eigenvalue weighted by molar-refractivity contribution is -0.148. The van der Waals surface area contributed by atoms with Gasteiger partial charge in [0.05, 0.1) is 18.7 Å². The highest BCUT2D eigenvalue weighted by atomic mass is 16.5. The van der Waals surface area contributed by atoms with Crippen LogP contribution in [-0.2, 0) is 22.4 Å². The fraction of sp³-hybridized carbons (Fsp3) is 0.522. The molecule has 1 N–H and O–H groups in total. The molecule has 0 saturated heterocycles. The third-order valence-electron chi connectivity index (χ3n) is 6.27. The molecule has 2 unspecified atom stereocenters. The summed E-state index contributed by atoms with van der Waals surface area (Å²) in [7, 11) is 1.48. The number of esters is 1. The molecule has 0 radical (unpaired) electrons. The molecule has 1 aromatic carbocycles. The van der Waals surface area contributed by atoms with Crippen LogP contribution < -0.4 is 5.32 Å². The lowest BCUT2D eigenvalue weighted by atomic mass is 9.79. The Labute approximate surface area is 166 Å². The number of aryl methyl sites for hydroxylation is 2. The Bertz CT molecular complexity index is 819. The Morgan fingerprint density at radius 1 is 1.04 bits per heavy atom. The molecule has 28 heavy (non-hydrogen) atoms. The highest BCUT2D eigenvalue weighted by molar-refractivity contribution is 5.72. The topological polar surface area (TPSA) is 64.1 Å². The summed E-state index contributed by atoms with van der Waals surface area (Å²) in [5.41, 5.74) is 4.98. The van der Waals surface area contributed by atoms with E-state index in [1.165, 1.54) is 50.3 Å². The SMILES string of the molecule is COC(=O)C1CCCCC1CNc1ccc(-c2ccc3c(c2)CCCC3)nn1. The van der Waals surface area contributed by atoms with Gasteiger partial charge >= 0.3 is 5.97 Å². The third kappa shape index (κ3) is 4.18. The minimum atomic E-state index is -0.0830. The van der Waals surface area contributed by atoms with Crippen molar-refractivity contribution in [1.82, 2.24) is 10.2 Å². The van der Waals surface area contributed by atoms with E-state index in [1.807, 2.05) is 12.1 Å². The number of aromatic nitrogens is 2. The second-order valence-corrected chi connectivity index (χ2v) is 8.05. The quantitative estimate of drug-likeness (QED) is 0.780. The van der Waals surface area contributed by atoms with E-state index in [9.17, 15) is 4.79 Å². The van der Waals surface area contributed by atoms with E-state index in [1.54, 1.807) is 0 Å². The summed E-state index contributed by atoms with van der Waals surface area (Å²) >= 11 is 0. The van der Waals surface area contributed by atoms with Crippen molar-refractivity contribution in [2.24, 2.45) is 11.8 Å². The Morgan fingerprint density at radius 3 is 2.64 bits per heavy atom. The van der Waals surface area contributed by atoms with Crippen LogP contribution in [0.4, 0.5) is 5.82 Å². The summed E-state index contributed by atoms with van der Waals surface area (Å²) in [6, 6.07) is 10.7. The number of hydrogen-bond donors (Lipinski definition) is 1. The summed E-state index contributed by atoms with van der Waals surface area (Å²) in [6.45, 7) is 0.729. The Kier molecular flexibility index (Phi) is 5.89. The number of rotatable bonds is 5. The predicted octanol–water partition coefficient (Wildman–Crippen LogP) is 4.41. The molecule has 5 heteroatoms.